The number of aliphatic carboxylic acids is 1. The summed E-state index contributed by atoms with van der Waals surface area (Å²) in [5.74, 6) is -2.20. The number of rotatable bonds is 3. The highest BCUT2D eigenvalue weighted by atomic mass is 35.5. The lowest BCUT2D eigenvalue weighted by Gasteiger charge is -2.34. The van der Waals surface area contributed by atoms with Crippen molar-refractivity contribution in [3.63, 3.8) is 0 Å². The molecule has 2 aliphatic rings. The van der Waals surface area contributed by atoms with Crippen LogP contribution in [0.2, 0.25) is 5.02 Å². The van der Waals surface area contributed by atoms with Crippen LogP contribution in [0, 0.1) is 5.92 Å². The Labute approximate surface area is 143 Å². The summed E-state index contributed by atoms with van der Waals surface area (Å²) in [6, 6.07) is 5.94. The number of carboxylic acid groups (broad SMARTS) is 1. The Hall–Kier alpha value is -2.12. The maximum Gasteiger partial charge on any atom is 0.328 e. The highest BCUT2D eigenvalue weighted by Crippen LogP contribution is 2.32. The molecule has 0 aromatic heterocycles. The van der Waals surface area contributed by atoms with Crippen LogP contribution in [-0.4, -0.2) is 60.1 Å². The number of amides is 2. The summed E-state index contributed by atoms with van der Waals surface area (Å²) in [6.45, 7) is 0.679. The van der Waals surface area contributed by atoms with Crippen LogP contribution in [0.3, 0.4) is 0 Å². The Bertz CT molecular complexity index is 680. The van der Waals surface area contributed by atoms with Crippen LogP contribution in [0.5, 0.6) is 0 Å². The number of benzene rings is 1. The molecule has 1 N–H and O–H groups in total. The van der Waals surface area contributed by atoms with Crippen LogP contribution >= 0.6 is 11.6 Å². The van der Waals surface area contributed by atoms with Gasteiger partial charge in [-0.15, -0.1) is 0 Å². The molecule has 1 aromatic rings. The Morgan fingerprint density at radius 2 is 2.04 bits per heavy atom. The normalized spacial score (nSPS) is 24.3. The zero-order chi connectivity index (χ0) is 17.3. The summed E-state index contributed by atoms with van der Waals surface area (Å²) in [6.07, 6.45) is 0.0494. The number of hydrogen-bond acceptors (Lipinski definition) is 4. The molecule has 2 fully saturated rings. The molecule has 2 atom stereocenters. The largest absolute Gasteiger partial charge is 0.480 e. The molecule has 0 aliphatic carbocycles. The fraction of sp³-hybridized carbons (Fsp3) is 0.438. The summed E-state index contributed by atoms with van der Waals surface area (Å²) in [7, 11) is 0. The van der Waals surface area contributed by atoms with Crippen molar-refractivity contribution in [3.8, 4) is 0 Å². The Morgan fingerprint density at radius 1 is 1.29 bits per heavy atom. The van der Waals surface area contributed by atoms with E-state index in [2.05, 4.69) is 0 Å². The Kier molecular flexibility index (Phi) is 4.73. The van der Waals surface area contributed by atoms with Gasteiger partial charge in [0.2, 0.25) is 11.8 Å². The topological polar surface area (TPSA) is 87.1 Å². The second-order valence-corrected chi connectivity index (χ2v) is 6.22. The van der Waals surface area contributed by atoms with Crippen molar-refractivity contribution in [1.82, 2.24) is 4.90 Å². The highest BCUT2D eigenvalue weighted by Gasteiger charge is 2.41. The molecular formula is C16H17ClN2O5. The number of morpholine rings is 1. The molecule has 0 bridgehead atoms. The van der Waals surface area contributed by atoms with Crippen LogP contribution in [0.4, 0.5) is 5.69 Å². The first-order valence-corrected chi connectivity index (χ1v) is 8.02. The molecular weight excluding hydrogens is 336 g/mol. The molecule has 0 spiro atoms. The van der Waals surface area contributed by atoms with Gasteiger partial charge in [0.15, 0.2) is 6.04 Å². The smallest absolute Gasteiger partial charge is 0.328 e. The third kappa shape index (κ3) is 3.09. The molecule has 7 nitrogen and oxygen atoms in total. The average molecular weight is 353 g/mol. The minimum absolute atomic E-state index is 0.0318. The fourth-order valence-electron chi connectivity index (χ4n) is 3.08. The van der Waals surface area contributed by atoms with Crippen LogP contribution in [0.15, 0.2) is 24.3 Å². The van der Waals surface area contributed by atoms with E-state index in [1.165, 1.54) is 9.80 Å². The van der Waals surface area contributed by atoms with Gasteiger partial charge < -0.3 is 19.6 Å². The van der Waals surface area contributed by atoms with E-state index in [9.17, 15) is 19.5 Å². The van der Waals surface area contributed by atoms with E-state index in [0.717, 1.165) is 0 Å². The van der Waals surface area contributed by atoms with E-state index in [1.54, 1.807) is 24.3 Å². The highest BCUT2D eigenvalue weighted by molar-refractivity contribution is 6.33. The van der Waals surface area contributed by atoms with Gasteiger partial charge in [0, 0.05) is 19.5 Å². The van der Waals surface area contributed by atoms with E-state index in [1.807, 2.05) is 0 Å². The zero-order valence-electron chi connectivity index (χ0n) is 12.9. The molecule has 128 valence electrons. The minimum atomic E-state index is -1.10. The first-order valence-electron chi connectivity index (χ1n) is 7.65. The number of carboxylic acids is 1. The lowest BCUT2D eigenvalue weighted by molar-refractivity contribution is -0.160. The lowest BCUT2D eigenvalue weighted by atomic mass is 10.1. The third-order valence-corrected chi connectivity index (χ3v) is 4.63. The van der Waals surface area contributed by atoms with Crippen LogP contribution < -0.4 is 4.90 Å². The van der Waals surface area contributed by atoms with Crippen molar-refractivity contribution in [1.29, 1.82) is 0 Å². The number of para-hydroxylation sites is 1. The maximum absolute atomic E-state index is 12.7. The van der Waals surface area contributed by atoms with Gasteiger partial charge in [-0.3, -0.25) is 9.59 Å². The van der Waals surface area contributed by atoms with Gasteiger partial charge in [0.05, 0.1) is 29.8 Å². The minimum Gasteiger partial charge on any atom is -0.480 e. The molecule has 0 saturated carbocycles. The fourth-order valence-corrected chi connectivity index (χ4v) is 3.32. The number of anilines is 1. The second-order valence-electron chi connectivity index (χ2n) is 5.82. The molecule has 1 aromatic carbocycles. The van der Waals surface area contributed by atoms with Gasteiger partial charge in [-0.1, -0.05) is 23.7 Å². The Morgan fingerprint density at radius 3 is 2.75 bits per heavy atom. The van der Waals surface area contributed by atoms with Gasteiger partial charge >= 0.3 is 5.97 Å². The average Bonchev–Trinajstić information content (AvgIpc) is 2.96. The standard InChI is InChI=1S/C16H17ClN2O5/c17-11-3-1-2-4-12(11)19-8-10(7-14(19)20)15(21)18-5-6-24-9-13(18)16(22)23/h1-4,10,13H,5-9H2,(H,22,23). The summed E-state index contributed by atoms with van der Waals surface area (Å²) in [5, 5.41) is 9.69. The van der Waals surface area contributed by atoms with E-state index >= 15 is 0 Å². The number of hydrogen-bond donors (Lipinski definition) is 1. The van der Waals surface area contributed by atoms with Crippen molar-refractivity contribution in [2.45, 2.75) is 12.5 Å². The molecule has 24 heavy (non-hydrogen) atoms. The number of nitrogens with zero attached hydrogens (tertiary/aromatic N) is 2. The molecule has 2 unspecified atom stereocenters. The lowest BCUT2D eigenvalue weighted by Crippen LogP contribution is -2.54. The Balaban J connectivity index is 1.76. The predicted octanol–water partition coefficient (Wildman–Crippen LogP) is 1.00. The molecule has 3 rings (SSSR count). The molecule has 8 heteroatoms. The second kappa shape index (κ2) is 6.78. The zero-order valence-corrected chi connectivity index (χ0v) is 13.6. The first kappa shape index (κ1) is 16.7. The van der Waals surface area contributed by atoms with Crippen molar-refractivity contribution in [2.24, 2.45) is 5.92 Å². The van der Waals surface area contributed by atoms with E-state index < -0.39 is 17.9 Å². The maximum atomic E-state index is 12.7. The van der Waals surface area contributed by atoms with Gasteiger partial charge in [0.25, 0.3) is 0 Å². The SMILES string of the molecule is O=C(O)C1COCCN1C(=O)C1CC(=O)N(c2ccccc2Cl)C1. The van der Waals surface area contributed by atoms with Crippen molar-refractivity contribution in [3.05, 3.63) is 29.3 Å². The predicted molar refractivity (Wildman–Crippen MR) is 85.9 cm³/mol. The number of carbonyl (C=O) groups is 3. The van der Waals surface area contributed by atoms with E-state index in [4.69, 9.17) is 16.3 Å². The van der Waals surface area contributed by atoms with Gasteiger partial charge in [-0.05, 0) is 12.1 Å². The summed E-state index contributed by atoms with van der Waals surface area (Å²) in [4.78, 5) is 39.1. The molecule has 2 aliphatic heterocycles. The molecule has 2 saturated heterocycles. The van der Waals surface area contributed by atoms with Crippen LogP contribution in [0.1, 0.15) is 6.42 Å². The van der Waals surface area contributed by atoms with Crippen LogP contribution in [-0.2, 0) is 19.1 Å². The van der Waals surface area contributed by atoms with Crippen LogP contribution in [0.25, 0.3) is 0 Å². The van der Waals surface area contributed by atoms with Gasteiger partial charge in [0.1, 0.15) is 0 Å². The molecule has 2 heterocycles. The van der Waals surface area contributed by atoms with E-state index in [-0.39, 0.29) is 37.9 Å². The van der Waals surface area contributed by atoms with Crippen molar-refractivity contribution >= 4 is 35.1 Å². The van der Waals surface area contributed by atoms with Gasteiger partial charge in [-0.25, -0.2) is 4.79 Å². The van der Waals surface area contributed by atoms with Gasteiger partial charge in [-0.2, -0.15) is 0 Å². The summed E-state index contributed by atoms with van der Waals surface area (Å²) < 4.78 is 5.14. The van der Waals surface area contributed by atoms with Crippen molar-refractivity contribution < 1.29 is 24.2 Å². The number of halogens is 1. The van der Waals surface area contributed by atoms with E-state index in [0.29, 0.717) is 17.3 Å². The number of carbonyl (C=O) groups excluding carboxylic acids is 2. The number of ether oxygens (including phenoxy) is 1. The summed E-state index contributed by atoms with van der Waals surface area (Å²) >= 11 is 6.13. The quantitative estimate of drug-likeness (QED) is 0.877. The molecule has 2 amide bonds. The first-order chi connectivity index (χ1) is 11.5. The monoisotopic (exact) mass is 352 g/mol. The van der Waals surface area contributed by atoms with Crippen molar-refractivity contribution in [2.75, 3.05) is 31.2 Å². The molecule has 0 radical (unpaired) electrons. The summed E-state index contributed by atoms with van der Waals surface area (Å²) in [5.41, 5.74) is 0.566. The third-order valence-electron chi connectivity index (χ3n) is 4.31.